The zero-order chi connectivity index (χ0) is 13.3. The summed E-state index contributed by atoms with van der Waals surface area (Å²) in [5.41, 5.74) is -1.12. The molecule has 1 heterocycles. The molecule has 0 bridgehead atoms. The third-order valence-corrected chi connectivity index (χ3v) is 2.99. The lowest BCUT2D eigenvalue weighted by atomic mass is 10.00. The van der Waals surface area contributed by atoms with Crippen LogP contribution < -0.4 is 0 Å². The number of methoxy groups -OCH3 is 1. The number of ether oxygens (including phenoxy) is 2. The molecule has 1 fully saturated rings. The third-order valence-electron chi connectivity index (χ3n) is 2.99. The second-order valence-electron chi connectivity index (χ2n) is 5.81. The summed E-state index contributed by atoms with van der Waals surface area (Å²) in [6.07, 6.45) is 0.187. The second-order valence-corrected chi connectivity index (χ2v) is 5.81. The molecule has 0 radical (unpaired) electrons. The van der Waals surface area contributed by atoms with Crippen LogP contribution >= 0.6 is 0 Å². The normalized spacial score (nSPS) is 29.5. The molecule has 1 aliphatic rings. The van der Waals surface area contributed by atoms with E-state index < -0.39 is 17.2 Å². The lowest BCUT2D eigenvalue weighted by Gasteiger charge is -2.34. The van der Waals surface area contributed by atoms with Gasteiger partial charge in [0.1, 0.15) is 5.60 Å². The van der Waals surface area contributed by atoms with Gasteiger partial charge in [-0.3, -0.25) is 4.90 Å². The van der Waals surface area contributed by atoms with Crippen molar-refractivity contribution in [3.63, 3.8) is 0 Å². The highest BCUT2D eigenvalue weighted by Gasteiger charge is 2.46. The van der Waals surface area contributed by atoms with Crippen LogP contribution in [0.3, 0.4) is 0 Å². The molecule has 5 heteroatoms. The van der Waals surface area contributed by atoms with E-state index in [9.17, 15) is 9.90 Å². The molecule has 0 unspecified atom stereocenters. The molecule has 1 saturated heterocycles. The molecule has 0 spiro atoms. The van der Waals surface area contributed by atoms with E-state index in [0.717, 1.165) is 0 Å². The summed E-state index contributed by atoms with van der Waals surface area (Å²) in [7, 11) is 1.61. The number of nitrogens with zero attached hydrogens (tertiary/aromatic N) is 1. The Labute approximate surface area is 103 Å². The lowest BCUT2D eigenvalue weighted by molar-refractivity contribution is -0.000578. The largest absolute Gasteiger partial charge is 0.444 e. The van der Waals surface area contributed by atoms with Crippen molar-refractivity contribution in [1.29, 1.82) is 0 Å². The Morgan fingerprint density at radius 3 is 2.53 bits per heavy atom. The Balaban J connectivity index is 2.77. The minimum atomic E-state index is -0.594. The Morgan fingerprint density at radius 1 is 1.53 bits per heavy atom. The van der Waals surface area contributed by atoms with Crippen molar-refractivity contribution in [1.82, 2.24) is 4.90 Å². The summed E-state index contributed by atoms with van der Waals surface area (Å²) in [5.74, 6) is 0. The van der Waals surface area contributed by atoms with Crippen LogP contribution in [0.15, 0.2) is 0 Å². The van der Waals surface area contributed by atoms with E-state index in [4.69, 9.17) is 9.47 Å². The van der Waals surface area contributed by atoms with E-state index in [1.54, 1.807) is 12.0 Å². The molecular weight excluding hydrogens is 222 g/mol. The standard InChI is InChI=1S/C12H23NO4/c1-11(2,3)17-10(15)13-7-9(16-5)6-12(13,4)8-14/h9,14H,6-8H2,1-5H3/t9-,12-/m0/s1. The number of hydrogen-bond donors (Lipinski definition) is 1. The van der Waals surface area contributed by atoms with Crippen molar-refractivity contribution >= 4 is 6.09 Å². The smallest absolute Gasteiger partial charge is 0.410 e. The number of likely N-dealkylation sites (tertiary alicyclic amines) is 1. The topological polar surface area (TPSA) is 59.0 Å². The van der Waals surface area contributed by atoms with E-state index >= 15 is 0 Å². The van der Waals surface area contributed by atoms with Crippen molar-refractivity contribution in [2.45, 2.75) is 51.4 Å². The zero-order valence-corrected chi connectivity index (χ0v) is 11.3. The summed E-state index contributed by atoms with van der Waals surface area (Å²) in [6.45, 7) is 7.69. The van der Waals surface area contributed by atoms with Gasteiger partial charge in [0.05, 0.1) is 24.8 Å². The first-order valence-electron chi connectivity index (χ1n) is 5.86. The van der Waals surface area contributed by atoms with E-state index in [0.29, 0.717) is 13.0 Å². The molecule has 0 saturated carbocycles. The number of aliphatic hydroxyl groups is 1. The quantitative estimate of drug-likeness (QED) is 0.798. The Bertz CT molecular complexity index is 287. The van der Waals surface area contributed by atoms with Gasteiger partial charge in [-0.25, -0.2) is 4.79 Å². The van der Waals surface area contributed by atoms with Gasteiger partial charge in [-0.05, 0) is 27.7 Å². The van der Waals surface area contributed by atoms with Crippen LogP contribution in [0.4, 0.5) is 4.79 Å². The molecule has 1 aliphatic heterocycles. The highest BCUT2D eigenvalue weighted by Crippen LogP contribution is 2.31. The maximum Gasteiger partial charge on any atom is 0.410 e. The van der Waals surface area contributed by atoms with Crippen molar-refractivity contribution in [2.24, 2.45) is 0 Å². The summed E-state index contributed by atoms with van der Waals surface area (Å²) < 4.78 is 10.6. The third kappa shape index (κ3) is 3.33. The van der Waals surface area contributed by atoms with E-state index in [1.165, 1.54) is 0 Å². The van der Waals surface area contributed by atoms with Crippen LogP contribution in [-0.2, 0) is 9.47 Å². The molecule has 0 aromatic heterocycles. The van der Waals surface area contributed by atoms with Gasteiger partial charge in [-0.1, -0.05) is 0 Å². The average molecular weight is 245 g/mol. The molecule has 0 aromatic rings. The Hall–Kier alpha value is -0.810. The van der Waals surface area contributed by atoms with Crippen LogP contribution in [0.1, 0.15) is 34.1 Å². The molecule has 5 nitrogen and oxygen atoms in total. The summed E-state index contributed by atoms with van der Waals surface area (Å²) in [5, 5.41) is 9.45. The molecule has 1 amide bonds. The SMILES string of the molecule is CO[C@@H]1CN(C(=O)OC(C)(C)C)[C@](C)(CO)C1. The van der Waals surface area contributed by atoms with Gasteiger partial charge in [0.25, 0.3) is 0 Å². The van der Waals surface area contributed by atoms with Gasteiger partial charge in [-0.15, -0.1) is 0 Å². The molecule has 17 heavy (non-hydrogen) atoms. The molecule has 0 aromatic carbocycles. The number of amides is 1. The number of hydrogen-bond acceptors (Lipinski definition) is 4. The summed E-state index contributed by atoms with van der Waals surface area (Å²) in [6, 6.07) is 0. The predicted molar refractivity (Wildman–Crippen MR) is 63.8 cm³/mol. The maximum absolute atomic E-state index is 12.0. The van der Waals surface area contributed by atoms with Crippen molar-refractivity contribution < 1.29 is 19.4 Å². The van der Waals surface area contributed by atoms with Crippen LogP contribution in [-0.4, -0.2) is 53.6 Å². The van der Waals surface area contributed by atoms with Crippen molar-refractivity contribution in [3.8, 4) is 0 Å². The van der Waals surface area contributed by atoms with E-state index in [1.807, 2.05) is 27.7 Å². The van der Waals surface area contributed by atoms with E-state index in [-0.39, 0.29) is 12.7 Å². The molecule has 1 N–H and O–H groups in total. The minimum Gasteiger partial charge on any atom is -0.444 e. The van der Waals surface area contributed by atoms with Gasteiger partial charge >= 0.3 is 6.09 Å². The molecular formula is C12H23NO4. The van der Waals surface area contributed by atoms with Gasteiger partial charge in [-0.2, -0.15) is 0 Å². The highest BCUT2D eigenvalue weighted by atomic mass is 16.6. The number of rotatable bonds is 2. The van der Waals surface area contributed by atoms with Crippen molar-refractivity contribution in [3.05, 3.63) is 0 Å². The molecule has 0 aliphatic carbocycles. The fourth-order valence-corrected chi connectivity index (χ4v) is 2.01. The Kier molecular flexibility index (Phi) is 4.04. The first kappa shape index (κ1) is 14.3. The summed E-state index contributed by atoms with van der Waals surface area (Å²) >= 11 is 0. The molecule has 2 atom stereocenters. The van der Waals surface area contributed by atoms with Gasteiger partial charge in [0.15, 0.2) is 0 Å². The number of aliphatic hydroxyl groups excluding tert-OH is 1. The first-order chi connectivity index (χ1) is 7.72. The van der Waals surface area contributed by atoms with Crippen LogP contribution in [0.5, 0.6) is 0 Å². The highest BCUT2D eigenvalue weighted by molar-refractivity contribution is 5.69. The lowest BCUT2D eigenvalue weighted by Crippen LogP contribution is -2.49. The van der Waals surface area contributed by atoms with Gasteiger partial charge in [0, 0.05) is 13.5 Å². The van der Waals surface area contributed by atoms with E-state index in [2.05, 4.69) is 0 Å². The maximum atomic E-state index is 12.0. The van der Waals surface area contributed by atoms with Crippen LogP contribution in [0.25, 0.3) is 0 Å². The number of carbonyl (C=O) groups excluding carboxylic acids is 1. The van der Waals surface area contributed by atoms with Gasteiger partial charge in [0.2, 0.25) is 0 Å². The fourth-order valence-electron chi connectivity index (χ4n) is 2.01. The fraction of sp³-hybridized carbons (Fsp3) is 0.917. The van der Waals surface area contributed by atoms with Crippen LogP contribution in [0, 0.1) is 0 Å². The predicted octanol–water partition coefficient (Wildman–Crippen LogP) is 1.39. The Morgan fingerprint density at radius 2 is 2.12 bits per heavy atom. The van der Waals surface area contributed by atoms with Gasteiger partial charge < -0.3 is 14.6 Å². The first-order valence-corrected chi connectivity index (χ1v) is 5.86. The van der Waals surface area contributed by atoms with Crippen molar-refractivity contribution in [2.75, 3.05) is 20.3 Å². The molecule has 100 valence electrons. The zero-order valence-electron chi connectivity index (χ0n) is 11.3. The second kappa shape index (κ2) is 4.82. The van der Waals surface area contributed by atoms with Crippen LogP contribution in [0.2, 0.25) is 0 Å². The summed E-state index contributed by atoms with van der Waals surface area (Å²) in [4.78, 5) is 13.6. The number of carbonyl (C=O) groups is 1. The molecule has 1 rings (SSSR count). The monoisotopic (exact) mass is 245 g/mol. The average Bonchev–Trinajstić information content (AvgIpc) is 2.54. The minimum absolute atomic E-state index is 0.0420.